The Balaban J connectivity index is 1.55. The molecule has 2 aromatic carbocycles. The van der Waals surface area contributed by atoms with Crippen LogP contribution in [0.1, 0.15) is 37.0 Å². The van der Waals surface area contributed by atoms with Crippen molar-refractivity contribution in [3.63, 3.8) is 0 Å². The second kappa shape index (κ2) is 6.06. The lowest BCUT2D eigenvalue weighted by Gasteiger charge is -2.54. The normalized spacial score (nSPS) is 28.6. The van der Waals surface area contributed by atoms with E-state index < -0.39 is 0 Å². The number of anilines is 1. The smallest absolute Gasteiger partial charge is 0.115 e. The van der Waals surface area contributed by atoms with Crippen molar-refractivity contribution in [2.75, 3.05) is 18.8 Å². The number of fused-ring (bicyclic) bond motifs is 4. The number of aromatic hydroxyl groups is 1. The van der Waals surface area contributed by atoms with Gasteiger partial charge in [0, 0.05) is 18.3 Å². The molecule has 25 heavy (non-hydrogen) atoms. The lowest BCUT2D eigenvalue weighted by Crippen LogP contribution is -2.58. The molecule has 2 bridgehead atoms. The number of nitrogens with two attached hydrogens (primary N) is 1. The first-order chi connectivity index (χ1) is 12.0. The summed E-state index contributed by atoms with van der Waals surface area (Å²) < 4.78 is 0. The van der Waals surface area contributed by atoms with Gasteiger partial charge in [-0.3, -0.25) is 4.90 Å². The van der Waals surface area contributed by atoms with Crippen LogP contribution in [0.15, 0.2) is 42.5 Å². The van der Waals surface area contributed by atoms with E-state index in [1.165, 1.54) is 23.1 Å². The van der Waals surface area contributed by atoms with E-state index in [0.717, 1.165) is 31.6 Å². The minimum Gasteiger partial charge on any atom is -0.508 e. The van der Waals surface area contributed by atoms with E-state index >= 15 is 0 Å². The van der Waals surface area contributed by atoms with Gasteiger partial charge >= 0.3 is 0 Å². The fraction of sp³-hybridized carbons (Fsp3) is 0.455. The molecule has 1 aliphatic carbocycles. The first kappa shape index (κ1) is 16.5. The Kier molecular flexibility index (Phi) is 3.99. The zero-order valence-electron chi connectivity index (χ0n) is 15.2. The number of nitrogen functional groups attached to an aromatic ring is 1. The molecule has 2 aliphatic rings. The molecule has 3 heteroatoms. The molecule has 2 aromatic rings. The fourth-order valence-electron chi connectivity index (χ4n) is 4.96. The average Bonchev–Trinajstić information content (AvgIpc) is 2.58. The molecule has 0 aromatic heterocycles. The van der Waals surface area contributed by atoms with Gasteiger partial charge in [-0.25, -0.2) is 0 Å². The summed E-state index contributed by atoms with van der Waals surface area (Å²) in [5.74, 6) is 1.02. The van der Waals surface area contributed by atoms with E-state index in [0.29, 0.717) is 17.7 Å². The predicted octanol–water partition coefficient (Wildman–Crippen LogP) is 3.74. The summed E-state index contributed by atoms with van der Waals surface area (Å²) in [4.78, 5) is 2.66. The Hall–Kier alpha value is -2.00. The zero-order chi connectivity index (χ0) is 17.6. The summed E-state index contributed by atoms with van der Waals surface area (Å²) in [6.45, 7) is 7.07. The third-order valence-electron chi connectivity index (χ3n) is 6.77. The van der Waals surface area contributed by atoms with E-state index in [4.69, 9.17) is 5.73 Å². The summed E-state index contributed by atoms with van der Waals surface area (Å²) in [6.07, 6.45) is 3.29. The molecule has 3 N–H and O–H groups in total. The van der Waals surface area contributed by atoms with Gasteiger partial charge in [-0.2, -0.15) is 0 Å². The van der Waals surface area contributed by atoms with Crippen LogP contribution < -0.4 is 5.73 Å². The third kappa shape index (κ3) is 2.81. The van der Waals surface area contributed by atoms with E-state index in [-0.39, 0.29) is 5.41 Å². The number of phenolic OH excluding ortho intramolecular Hbond substituents is 1. The number of benzene rings is 2. The van der Waals surface area contributed by atoms with Gasteiger partial charge in [0.25, 0.3) is 0 Å². The highest BCUT2D eigenvalue weighted by Crippen LogP contribution is 2.49. The number of likely N-dealkylation sites (tertiary alicyclic amines) is 1. The molecule has 1 heterocycles. The molecule has 1 fully saturated rings. The monoisotopic (exact) mass is 336 g/mol. The number of rotatable bonds is 3. The maximum atomic E-state index is 9.92. The lowest BCUT2D eigenvalue weighted by atomic mass is 9.59. The number of hydrogen-bond donors (Lipinski definition) is 2. The Morgan fingerprint density at radius 2 is 1.96 bits per heavy atom. The Morgan fingerprint density at radius 1 is 1.20 bits per heavy atom. The number of hydrogen-bond acceptors (Lipinski definition) is 3. The minimum absolute atomic E-state index is 0.226. The highest BCUT2D eigenvalue weighted by molar-refractivity contribution is 5.44. The van der Waals surface area contributed by atoms with Gasteiger partial charge in [-0.05, 0) is 78.1 Å². The van der Waals surface area contributed by atoms with Crippen molar-refractivity contribution in [2.45, 2.75) is 44.6 Å². The molecule has 0 spiro atoms. The van der Waals surface area contributed by atoms with Crippen LogP contribution in [-0.2, 0) is 18.3 Å². The van der Waals surface area contributed by atoms with Crippen LogP contribution in [0.3, 0.4) is 0 Å². The third-order valence-corrected chi connectivity index (χ3v) is 6.77. The summed E-state index contributed by atoms with van der Waals surface area (Å²) >= 11 is 0. The van der Waals surface area contributed by atoms with Crippen molar-refractivity contribution < 1.29 is 5.11 Å². The minimum atomic E-state index is 0.226. The van der Waals surface area contributed by atoms with Crippen molar-refractivity contribution in [3.8, 4) is 5.75 Å². The van der Waals surface area contributed by atoms with Gasteiger partial charge in [0.1, 0.15) is 5.75 Å². The first-order valence-corrected chi connectivity index (χ1v) is 9.38. The molecule has 3 nitrogen and oxygen atoms in total. The topological polar surface area (TPSA) is 49.5 Å². The predicted molar refractivity (Wildman–Crippen MR) is 103 cm³/mol. The molecule has 3 atom stereocenters. The lowest BCUT2D eigenvalue weighted by molar-refractivity contribution is 0.0323. The fourth-order valence-corrected chi connectivity index (χ4v) is 4.96. The second-order valence-corrected chi connectivity index (χ2v) is 8.10. The molecule has 1 saturated heterocycles. The van der Waals surface area contributed by atoms with Gasteiger partial charge in [0.2, 0.25) is 0 Å². The molecule has 1 unspecified atom stereocenters. The SMILES string of the molecule is C[C@H]1C2Cc3cc(O)ccc3[C@@]1(C)CCN2CCc1ccc(N)cc1. The Morgan fingerprint density at radius 3 is 2.72 bits per heavy atom. The summed E-state index contributed by atoms with van der Waals surface area (Å²) in [6, 6.07) is 14.8. The van der Waals surface area contributed by atoms with Crippen LogP contribution in [0.25, 0.3) is 0 Å². The van der Waals surface area contributed by atoms with Crippen molar-refractivity contribution in [2.24, 2.45) is 5.92 Å². The number of phenols is 1. The van der Waals surface area contributed by atoms with Gasteiger partial charge in [-0.15, -0.1) is 0 Å². The standard InChI is InChI=1S/C22H28N2O/c1-15-21-14-17-13-19(25)7-8-20(17)22(15,2)10-12-24(21)11-9-16-3-5-18(23)6-4-16/h3-8,13,15,21,25H,9-12,14,23H2,1-2H3/t15-,21?,22-/m0/s1. The summed E-state index contributed by atoms with van der Waals surface area (Å²) in [7, 11) is 0. The molecule has 4 rings (SSSR count). The molecule has 132 valence electrons. The first-order valence-electron chi connectivity index (χ1n) is 9.38. The van der Waals surface area contributed by atoms with Crippen molar-refractivity contribution >= 4 is 5.69 Å². The molecule has 0 radical (unpaired) electrons. The molecular formula is C22H28N2O. The van der Waals surface area contributed by atoms with Crippen molar-refractivity contribution in [1.82, 2.24) is 4.90 Å². The largest absolute Gasteiger partial charge is 0.508 e. The molecule has 0 saturated carbocycles. The van der Waals surface area contributed by atoms with Crippen LogP contribution in [0.4, 0.5) is 5.69 Å². The van der Waals surface area contributed by atoms with Crippen molar-refractivity contribution in [3.05, 3.63) is 59.2 Å². The van der Waals surface area contributed by atoms with E-state index in [2.05, 4.69) is 36.9 Å². The average molecular weight is 336 g/mol. The van der Waals surface area contributed by atoms with Crippen LogP contribution in [0.5, 0.6) is 5.75 Å². The van der Waals surface area contributed by atoms with Gasteiger partial charge in [-0.1, -0.05) is 32.0 Å². The highest BCUT2D eigenvalue weighted by atomic mass is 16.3. The van der Waals surface area contributed by atoms with E-state index in [1.54, 1.807) is 0 Å². The van der Waals surface area contributed by atoms with Crippen molar-refractivity contribution in [1.29, 1.82) is 0 Å². The summed E-state index contributed by atoms with van der Waals surface area (Å²) in [5.41, 5.74) is 11.0. The summed E-state index contributed by atoms with van der Waals surface area (Å²) in [5, 5.41) is 9.92. The zero-order valence-corrected chi connectivity index (χ0v) is 15.2. The van der Waals surface area contributed by atoms with Crippen LogP contribution in [0.2, 0.25) is 0 Å². The number of piperidine rings is 1. The molecular weight excluding hydrogens is 308 g/mol. The number of nitrogens with zero attached hydrogens (tertiary/aromatic N) is 1. The van der Waals surface area contributed by atoms with Gasteiger partial charge in [0.05, 0.1) is 0 Å². The van der Waals surface area contributed by atoms with Gasteiger partial charge < -0.3 is 10.8 Å². The molecule has 0 amide bonds. The van der Waals surface area contributed by atoms with E-state index in [1.807, 2.05) is 24.3 Å². The maximum absolute atomic E-state index is 9.92. The van der Waals surface area contributed by atoms with Gasteiger partial charge in [0.15, 0.2) is 0 Å². The Labute approximate surface area is 150 Å². The Bertz CT molecular complexity index is 770. The van der Waals surface area contributed by atoms with E-state index in [9.17, 15) is 5.11 Å². The maximum Gasteiger partial charge on any atom is 0.115 e. The van der Waals surface area contributed by atoms with Crippen LogP contribution in [-0.4, -0.2) is 29.1 Å². The van der Waals surface area contributed by atoms with Crippen LogP contribution in [0, 0.1) is 5.92 Å². The second-order valence-electron chi connectivity index (χ2n) is 8.10. The highest BCUT2D eigenvalue weighted by Gasteiger charge is 2.48. The molecule has 1 aliphatic heterocycles. The van der Waals surface area contributed by atoms with Crippen LogP contribution >= 0.6 is 0 Å². The quantitative estimate of drug-likeness (QED) is 0.840.